The zero-order valence-electron chi connectivity index (χ0n) is 9.39. The minimum Gasteiger partial charge on any atom is -0.243 e. The molecule has 0 aliphatic carbocycles. The lowest BCUT2D eigenvalue weighted by Gasteiger charge is -2.06. The Morgan fingerprint density at radius 3 is 2.39 bits per heavy atom. The first-order valence-electron chi connectivity index (χ1n) is 4.99. The van der Waals surface area contributed by atoms with Crippen molar-refractivity contribution in [1.82, 2.24) is 4.98 Å². The summed E-state index contributed by atoms with van der Waals surface area (Å²) in [7, 11) is -3.17. The number of aromatic nitrogens is 1. The molecule has 3 nitrogen and oxygen atoms in total. The average molecular weight is 347 g/mol. The molecule has 0 bridgehead atoms. The molecule has 0 aliphatic heterocycles. The summed E-state index contributed by atoms with van der Waals surface area (Å²) in [6.45, 7) is 0. The molecule has 0 saturated carbocycles. The van der Waals surface area contributed by atoms with Gasteiger partial charge in [0.1, 0.15) is 5.15 Å². The molecule has 0 fully saturated rings. The van der Waals surface area contributed by atoms with Crippen LogP contribution < -0.4 is 0 Å². The van der Waals surface area contributed by atoms with E-state index in [1.54, 1.807) is 36.5 Å². The third-order valence-corrected chi connectivity index (χ3v) is 4.38. The lowest BCUT2D eigenvalue weighted by Crippen LogP contribution is -1.96. The first-order chi connectivity index (χ1) is 8.38. The van der Waals surface area contributed by atoms with Crippen LogP contribution in [0, 0.1) is 0 Å². The molecule has 0 radical (unpaired) electrons. The first-order valence-corrected chi connectivity index (χ1v) is 8.06. The Kier molecular flexibility index (Phi) is 3.75. The summed E-state index contributed by atoms with van der Waals surface area (Å²) in [4.78, 5) is 4.24. The second kappa shape index (κ2) is 4.99. The van der Waals surface area contributed by atoms with Crippen LogP contribution in [0.2, 0.25) is 5.15 Å². The Balaban J connectivity index is 2.50. The molecule has 0 N–H and O–H groups in total. The predicted molar refractivity (Wildman–Crippen MR) is 75.5 cm³/mol. The smallest absolute Gasteiger partial charge is 0.175 e. The van der Waals surface area contributed by atoms with Crippen LogP contribution in [0.4, 0.5) is 0 Å². The standard InChI is InChI=1S/C12H9BrClNO2S/c1-18(16,17)9-4-2-8(3-5-9)10-6-12(14)15-7-11(10)13/h2-7H,1H3. The molecule has 94 valence electrons. The van der Waals surface area contributed by atoms with E-state index in [2.05, 4.69) is 20.9 Å². The van der Waals surface area contributed by atoms with Crippen molar-refractivity contribution in [2.24, 2.45) is 0 Å². The van der Waals surface area contributed by atoms with Gasteiger partial charge in [-0.25, -0.2) is 13.4 Å². The van der Waals surface area contributed by atoms with E-state index < -0.39 is 9.84 Å². The van der Waals surface area contributed by atoms with E-state index in [-0.39, 0.29) is 0 Å². The SMILES string of the molecule is CS(=O)(=O)c1ccc(-c2cc(Cl)ncc2Br)cc1. The third-order valence-electron chi connectivity index (χ3n) is 2.42. The first kappa shape index (κ1) is 13.5. The van der Waals surface area contributed by atoms with E-state index in [1.165, 1.54) is 6.26 Å². The van der Waals surface area contributed by atoms with Crippen molar-refractivity contribution in [1.29, 1.82) is 0 Å². The number of halogens is 2. The van der Waals surface area contributed by atoms with Crippen LogP contribution in [0.5, 0.6) is 0 Å². The number of hydrogen-bond acceptors (Lipinski definition) is 3. The van der Waals surface area contributed by atoms with Gasteiger partial charge in [0, 0.05) is 22.5 Å². The molecule has 0 spiro atoms. The monoisotopic (exact) mass is 345 g/mol. The Labute approximate surface area is 119 Å². The summed E-state index contributed by atoms with van der Waals surface area (Å²) in [6, 6.07) is 8.36. The topological polar surface area (TPSA) is 47.0 Å². The predicted octanol–water partition coefficient (Wildman–Crippen LogP) is 3.57. The number of hydrogen-bond donors (Lipinski definition) is 0. The van der Waals surface area contributed by atoms with Gasteiger partial charge in [-0.2, -0.15) is 0 Å². The lowest BCUT2D eigenvalue weighted by molar-refractivity contribution is 0.602. The molecule has 1 aromatic heterocycles. The molecular formula is C12H9BrClNO2S. The highest BCUT2D eigenvalue weighted by Gasteiger charge is 2.09. The highest BCUT2D eigenvalue weighted by Crippen LogP contribution is 2.30. The summed E-state index contributed by atoms with van der Waals surface area (Å²) < 4.78 is 23.5. The van der Waals surface area contributed by atoms with Crippen molar-refractivity contribution >= 4 is 37.4 Å². The summed E-state index contributed by atoms with van der Waals surface area (Å²) in [5, 5.41) is 0.389. The Morgan fingerprint density at radius 2 is 1.83 bits per heavy atom. The van der Waals surface area contributed by atoms with E-state index in [4.69, 9.17) is 11.6 Å². The van der Waals surface area contributed by atoms with Gasteiger partial charge in [0.25, 0.3) is 0 Å². The van der Waals surface area contributed by atoms with Crippen LogP contribution in [0.3, 0.4) is 0 Å². The maximum Gasteiger partial charge on any atom is 0.175 e. The molecule has 18 heavy (non-hydrogen) atoms. The van der Waals surface area contributed by atoms with Crippen molar-refractivity contribution in [3.05, 3.63) is 46.2 Å². The molecule has 2 rings (SSSR count). The maximum atomic E-state index is 11.4. The van der Waals surface area contributed by atoms with Crippen LogP contribution in [0.15, 0.2) is 45.9 Å². The van der Waals surface area contributed by atoms with Crippen LogP contribution >= 0.6 is 27.5 Å². The second-order valence-electron chi connectivity index (χ2n) is 3.78. The van der Waals surface area contributed by atoms with Gasteiger partial charge in [-0.3, -0.25) is 0 Å². The Bertz CT molecular complexity index is 684. The quantitative estimate of drug-likeness (QED) is 0.781. The van der Waals surface area contributed by atoms with Gasteiger partial charge in [-0.05, 0) is 39.7 Å². The van der Waals surface area contributed by atoms with Gasteiger partial charge in [0.05, 0.1) is 4.90 Å². The molecule has 0 amide bonds. The fourth-order valence-electron chi connectivity index (χ4n) is 1.52. The van der Waals surface area contributed by atoms with Crippen LogP contribution in [-0.2, 0) is 9.84 Å². The highest BCUT2D eigenvalue weighted by molar-refractivity contribution is 9.10. The molecular weight excluding hydrogens is 338 g/mol. The average Bonchev–Trinajstić information content (AvgIpc) is 2.31. The lowest BCUT2D eigenvalue weighted by atomic mass is 10.1. The van der Waals surface area contributed by atoms with E-state index in [0.717, 1.165) is 15.6 Å². The highest BCUT2D eigenvalue weighted by atomic mass is 79.9. The van der Waals surface area contributed by atoms with Crippen molar-refractivity contribution in [3.63, 3.8) is 0 Å². The van der Waals surface area contributed by atoms with Crippen LogP contribution in [-0.4, -0.2) is 19.7 Å². The normalized spacial score (nSPS) is 11.5. The Morgan fingerprint density at radius 1 is 1.22 bits per heavy atom. The number of sulfone groups is 1. The third kappa shape index (κ3) is 2.91. The molecule has 0 atom stereocenters. The van der Waals surface area contributed by atoms with Gasteiger partial charge in [0.2, 0.25) is 0 Å². The molecule has 6 heteroatoms. The van der Waals surface area contributed by atoms with Gasteiger partial charge in [-0.1, -0.05) is 23.7 Å². The molecule has 2 aromatic rings. The van der Waals surface area contributed by atoms with E-state index in [0.29, 0.717) is 10.0 Å². The van der Waals surface area contributed by atoms with Crippen LogP contribution in [0.25, 0.3) is 11.1 Å². The van der Waals surface area contributed by atoms with Gasteiger partial charge in [0.15, 0.2) is 9.84 Å². The zero-order valence-corrected chi connectivity index (χ0v) is 12.6. The van der Waals surface area contributed by atoms with Crippen molar-refractivity contribution in [2.75, 3.05) is 6.26 Å². The number of benzene rings is 1. The minimum absolute atomic E-state index is 0.294. The zero-order chi connectivity index (χ0) is 13.3. The second-order valence-corrected chi connectivity index (χ2v) is 7.04. The fourth-order valence-corrected chi connectivity index (χ4v) is 2.75. The Hall–Kier alpha value is -0.910. The van der Waals surface area contributed by atoms with Gasteiger partial charge in [-0.15, -0.1) is 0 Å². The molecule has 0 aliphatic rings. The van der Waals surface area contributed by atoms with E-state index in [9.17, 15) is 8.42 Å². The van der Waals surface area contributed by atoms with Gasteiger partial charge < -0.3 is 0 Å². The number of rotatable bonds is 2. The molecule has 1 heterocycles. The molecule has 0 saturated heterocycles. The van der Waals surface area contributed by atoms with Gasteiger partial charge >= 0.3 is 0 Å². The minimum atomic E-state index is -3.17. The molecule has 1 aromatic carbocycles. The summed E-state index contributed by atoms with van der Waals surface area (Å²) in [5.74, 6) is 0. The summed E-state index contributed by atoms with van der Waals surface area (Å²) in [5.41, 5.74) is 1.74. The van der Waals surface area contributed by atoms with E-state index in [1.807, 2.05) is 0 Å². The summed E-state index contributed by atoms with van der Waals surface area (Å²) >= 11 is 9.23. The number of pyridine rings is 1. The van der Waals surface area contributed by atoms with E-state index >= 15 is 0 Å². The van der Waals surface area contributed by atoms with Crippen molar-refractivity contribution < 1.29 is 8.42 Å². The summed E-state index contributed by atoms with van der Waals surface area (Å²) in [6.07, 6.45) is 2.80. The molecule has 0 unspecified atom stereocenters. The maximum absolute atomic E-state index is 11.4. The van der Waals surface area contributed by atoms with Crippen LogP contribution in [0.1, 0.15) is 0 Å². The number of nitrogens with zero attached hydrogens (tertiary/aromatic N) is 1. The largest absolute Gasteiger partial charge is 0.243 e. The van der Waals surface area contributed by atoms with Crippen molar-refractivity contribution in [3.8, 4) is 11.1 Å². The van der Waals surface area contributed by atoms with Crippen molar-refractivity contribution in [2.45, 2.75) is 4.90 Å². The fraction of sp³-hybridized carbons (Fsp3) is 0.0833.